The zero-order valence-electron chi connectivity index (χ0n) is 11.5. The lowest BCUT2D eigenvalue weighted by molar-refractivity contribution is 0.0958. The van der Waals surface area contributed by atoms with Gasteiger partial charge in [0.05, 0.1) is 19.2 Å². The minimum atomic E-state index is -0.107. The summed E-state index contributed by atoms with van der Waals surface area (Å²) in [4.78, 5) is 12.0. The molecule has 106 valence electrons. The zero-order valence-corrected chi connectivity index (χ0v) is 13.7. The highest BCUT2D eigenvalue weighted by molar-refractivity contribution is 14.1. The van der Waals surface area contributed by atoms with Crippen molar-refractivity contribution in [3.8, 4) is 17.6 Å². The highest BCUT2D eigenvalue weighted by Crippen LogP contribution is 2.11. The van der Waals surface area contributed by atoms with Gasteiger partial charge in [-0.15, -0.1) is 0 Å². The molecule has 0 saturated carbocycles. The average Bonchev–Trinajstić information content (AvgIpc) is 2.52. The molecule has 3 nitrogen and oxygen atoms in total. The van der Waals surface area contributed by atoms with Crippen molar-refractivity contribution in [2.45, 2.75) is 0 Å². The Kier molecular flexibility index (Phi) is 5.64. The van der Waals surface area contributed by atoms with Crippen LogP contribution >= 0.6 is 22.6 Å². The van der Waals surface area contributed by atoms with Gasteiger partial charge >= 0.3 is 0 Å². The second kappa shape index (κ2) is 7.70. The third kappa shape index (κ3) is 4.50. The number of hydrogen-bond acceptors (Lipinski definition) is 2. The van der Waals surface area contributed by atoms with E-state index in [1.807, 2.05) is 42.5 Å². The molecule has 2 rings (SSSR count). The van der Waals surface area contributed by atoms with Crippen LogP contribution in [0.25, 0.3) is 0 Å². The van der Waals surface area contributed by atoms with E-state index in [4.69, 9.17) is 4.74 Å². The smallest absolute Gasteiger partial charge is 0.253 e. The van der Waals surface area contributed by atoms with E-state index in [2.05, 4.69) is 39.7 Å². The number of benzene rings is 2. The molecule has 0 aliphatic rings. The fourth-order valence-corrected chi connectivity index (χ4v) is 2.32. The Morgan fingerprint density at radius 2 is 1.90 bits per heavy atom. The molecular weight excluding hydrogens is 377 g/mol. The van der Waals surface area contributed by atoms with Gasteiger partial charge in [0.25, 0.3) is 5.91 Å². The summed E-state index contributed by atoms with van der Waals surface area (Å²) < 4.78 is 6.01. The molecule has 0 aromatic heterocycles. The summed E-state index contributed by atoms with van der Waals surface area (Å²) >= 11 is 2.14. The summed E-state index contributed by atoms with van der Waals surface area (Å²) in [5.74, 6) is 6.62. The molecule has 4 heteroatoms. The Balaban J connectivity index is 1.91. The van der Waals surface area contributed by atoms with Gasteiger partial charge < -0.3 is 10.1 Å². The van der Waals surface area contributed by atoms with Crippen molar-refractivity contribution in [1.29, 1.82) is 0 Å². The Hall–Kier alpha value is -2.00. The lowest BCUT2D eigenvalue weighted by atomic mass is 10.2. The number of halogens is 1. The number of methoxy groups -OCH3 is 1. The molecule has 0 heterocycles. The number of nitrogens with one attached hydrogen (secondary N) is 1. The molecule has 0 aliphatic carbocycles. The van der Waals surface area contributed by atoms with E-state index in [0.717, 1.165) is 14.9 Å². The lowest BCUT2D eigenvalue weighted by Crippen LogP contribution is -2.24. The van der Waals surface area contributed by atoms with Gasteiger partial charge in [-0.05, 0) is 59.0 Å². The maximum absolute atomic E-state index is 12.0. The predicted molar refractivity (Wildman–Crippen MR) is 91.4 cm³/mol. The third-order valence-corrected chi connectivity index (χ3v) is 3.72. The summed E-state index contributed by atoms with van der Waals surface area (Å²) in [7, 11) is 1.63. The van der Waals surface area contributed by atoms with Crippen LogP contribution in [0.3, 0.4) is 0 Å². The second-order valence-corrected chi connectivity index (χ2v) is 5.35. The van der Waals surface area contributed by atoms with Crippen molar-refractivity contribution in [1.82, 2.24) is 5.32 Å². The summed E-state index contributed by atoms with van der Waals surface area (Å²) in [5.41, 5.74) is 1.56. The van der Waals surface area contributed by atoms with Crippen molar-refractivity contribution in [3.05, 3.63) is 63.2 Å². The first kappa shape index (κ1) is 15.4. The first-order valence-corrected chi connectivity index (χ1v) is 7.44. The van der Waals surface area contributed by atoms with Gasteiger partial charge in [0.15, 0.2) is 0 Å². The van der Waals surface area contributed by atoms with E-state index in [0.29, 0.717) is 12.1 Å². The fraction of sp³-hybridized carbons (Fsp3) is 0.118. The predicted octanol–water partition coefficient (Wildman–Crippen LogP) is 3.08. The van der Waals surface area contributed by atoms with Crippen LogP contribution in [0.5, 0.6) is 5.75 Å². The second-order valence-electron chi connectivity index (χ2n) is 4.19. The minimum Gasteiger partial charge on any atom is -0.497 e. The van der Waals surface area contributed by atoms with Crippen molar-refractivity contribution in [2.75, 3.05) is 13.7 Å². The van der Waals surface area contributed by atoms with Gasteiger partial charge in [0, 0.05) is 9.13 Å². The summed E-state index contributed by atoms with van der Waals surface area (Å²) in [6, 6.07) is 14.9. The number of amides is 1. The maximum atomic E-state index is 12.0. The van der Waals surface area contributed by atoms with Crippen molar-refractivity contribution in [3.63, 3.8) is 0 Å². The van der Waals surface area contributed by atoms with Crippen LogP contribution in [0.2, 0.25) is 0 Å². The van der Waals surface area contributed by atoms with E-state index >= 15 is 0 Å². The molecule has 0 atom stereocenters. The van der Waals surface area contributed by atoms with Crippen LogP contribution in [0.15, 0.2) is 48.5 Å². The van der Waals surface area contributed by atoms with E-state index in [-0.39, 0.29) is 5.91 Å². The SMILES string of the molecule is COc1ccc(C#CCNC(=O)c2ccccc2I)cc1. The molecule has 1 amide bonds. The Labute approximate surface area is 137 Å². The Morgan fingerprint density at radius 3 is 2.57 bits per heavy atom. The molecule has 0 fully saturated rings. The van der Waals surface area contributed by atoms with E-state index in [1.54, 1.807) is 13.2 Å². The highest BCUT2D eigenvalue weighted by Gasteiger charge is 2.06. The van der Waals surface area contributed by atoms with Gasteiger partial charge in [0.2, 0.25) is 0 Å². The van der Waals surface area contributed by atoms with E-state index < -0.39 is 0 Å². The van der Waals surface area contributed by atoms with Gasteiger partial charge in [-0.1, -0.05) is 24.0 Å². The number of carbonyl (C=O) groups is 1. The third-order valence-electron chi connectivity index (χ3n) is 2.78. The van der Waals surface area contributed by atoms with Crippen molar-refractivity contribution >= 4 is 28.5 Å². The van der Waals surface area contributed by atoms with Crippen LogP contribution in [0, 0.1) is 15.4 Å². The number of carbonyl (C=O) groups excluding carboxylic acids is 1. The summed E-state index contributed by atoms with van der Waals surface area (Å²) in [5, 5.41) is 2.79. The molecule has 1 N–H and O–H groups in total. The molecule has 2 aromatic carbocycles. The molecule has 0 radical (unpaired) electrons. The summed E-state index contributed by atoms with van der Waals surface area (Å²) in [6.07, 6.45) is 0. The Morgan fingerprint density at radius 1 is 1.19 bits per heavy atom. The molecule has 21 heavy (non-hydrogen) atoms. The molecule has 0 unspecified atom stereocenters. The number of rotatable bonds is 3. The average molecular weight is 391 g/mol. The molecule has 0 saturated heterocycles. The van der Waals surface area contributed by atoms with Crippen LogP contribution in [0.1, 0.15) is 15.9 Å². The normalized spacial score (nSPS) is 9.43. The van der Waals surface area contributed by atoms with Crippen LogP contribution in [-0.4, -0.2) is 19.6 Å². The summed E-state index contributed by atoms with van der Waals surface area (Å²) in [6.45, 7) is 0.315. The lowest BCUT2D eigenvalue weighted by Gasteiger charge is -2.03. The molecular formula is C17H14INO2. The van der Waals surface area contributed by atoms with E-state index in [9.17, 15) is 4.79 Å². The topological polar surface area (TPSA) is 38.3 Å². The Bertz CT molecular complexity index is 684. The van der Waals surface area contributed by atoms with Crippen LogP contribution < -0.4 is 10.1 Å². The molecule has 2 aromatic rings. The number of ether oxygens (including phenoxy) is 1. The largest absolute Gasteiger partial charge is 0.497 e. The number of hydrogen-bond donors (Lipinski definition) is 1. The minimum absolute atomic E-state index is 0.107. The zero-order chi connectivity index (χ0) is 15.1. The van der Waals surface area contributed by atoms with Crippen molar-refractivity contribution < 1.29 is 9.53 Å². The highest BCUT2D eigenvalue weighted by atomic mass is 127. The van der Waals surface area contributed by atoms with Crippen LogP contribution in [-0.2, 0) is 0 Å². The monoisotopic (exact) mass is 391 g/mol. The molecule has 0 aliphatic heterocycles. The first-order valence-electron chi connectivity index (χ1n) is 6.36. The van der Waals surface area contributed by atoms with Gasteiger partial charge in [-0.25, -0.2) is 0 Å². The van der Waals surface area contributed by atoms with Gasteiger partial charge in [0.1, 0.15) is 5.75 Å². The van der Waals surface area contributed by atoms with Crippen LogP contribution in [0.4, 0.5) is 0 Å². The fourth-order valence-electron chi connectivity index (χ4n) is 1.69. The maximum Gasteiger partial charge on any atom is 0.253 e. The van der Waals surface area contributed by atoms with Gasteiger partial charge in [-0.2, -0.15) is 0 Å². The quantitative estimate of drug-likeness (QED) is 0.645. The first-order chi connectivity index (χ1) is 10.2. The van der Waals surface area contributed by atoms with Crippen molar-refractivity contribution in [2.24, 2.45) is 0 Å². The molecule has 0 bridgehead atoms. The van der Waals surface area contributed by atoms with E-state index in [1.165, 1.54) is 0 Å². The molecule has 0 spiro atoms. The standard InChI is InChI=1S/C17H14INO2/c1-21-14-10-8-13(9-11-14)5-4-12-19-17(20)15-6-2-3-7-16(15)18/h2-3,6-11H,12H2,1H3,(H,19,20). The van der Waals surface area contributed by atoms with Gasteiger partial charge in [-0.3, -0.25) is 4.79 Å².